The van der Waals surface area contributed by atoms with Gasteiger partial charge in [0.1, 0.15) is 18.3 Å². The molecule has 32 heavy (non-hydrogen) atoms. The molecule has 0 saturated carbocycles. The number of nitrogens with zero attached hydrogens (tertiary/aromatic N) is 3. The third-order valence-corrected chi connectivity index (χ3v) is 6.50. The molecule has 1 aliphatic rings. The van der Waals surface area contributed by atoms with E-state index in [4.69, 9.17) is 24.3 Å². The number of aliphatic hydroxyl groups excluding tert-OH is 2. The van der Waals surface area contributed by atoms with E-state index >= 15 is 0 Å². The minimum atomic E-state index is -5.76. The van der Waals surface area contributed by atoms with Crippen molar-refractivity contribution in [3.8, 4) is 0 Å². The van der Waals surface area contributed by atoms with E-state index in [1.54, 1.807) is 0 Å². The van der Waals surface area contributed by atoms with E-state index < -0.39 is 59.9 Å². The van der Waals surface area contributed by atoms with Crippen molar-refractivity contribution in [2.24, 2.45) is 0 Å². The Morgan fingerprint density at radius 2 is 1.69 bits per heavy atom. The van der Waals surface area contributed by atoms with Crippen LogP contribution in [0.5, 0.6) is 0 Å². The molecule has 1 unspecified atom stereocenters. The maximum Gasteiger partial charge on any atom is 0.483 e. The highest BCUT2D eigenvalue weighted by atomic mass is 31.3. The van der Waals surface area contributed by atoms with Gasteiger partial charge in [-0.1, -0.05) is 0 Å². The summed E-state index contributed by atoms with van der Waals surface area (Å²) >= 11 is 0. The first-order valence-electron chi connectivity index (χ1n) is 8.02. The van der Waals surface area contributed by atoms with Gasteiger partial charge in [-0.3, -0.25) is 18.4 Å². The van der Waals surface area contributed by atoms with Gasteiger partial charge in [0.2, 0.25) is 6.29 Å². The summed E-state index contributed by atoms with van der Waals surface area (Å²) in [6.07, 6.45) is -8.55. The third-order valence-electron chi connectivity index (χ3n) is 3.87. The molecule has 6 atom stereocenters. The highest BCUT2D eigenvalue weighted by Crippen LogP contribution is 2.59. The van der Waals surface area contributed by atoms with Crippen molar-refractivity contribution in [2.45, 2.75) is 30.8 Å². The van der Waals surface area contributed by atoms with E-state index in [0.717, 1.165) is 17.2 Å². The van der Waals surface area contributed by atoms with Gasteiger partial charge in [0.05, 0.1) is 12.7 Å². The van der Waals surface area contributed by atoms with Crippen LogP contribution < -0.4 is 5.56 Å². The molecule has 180 valence electrons. The van der Waals surface area contributed by atoms with Crippen LogP contribution in [0, 0.1) is 0 Å². The number of rotatable bonds is 8. The van der Waals surface area contributed by atoms with Gasteiger partial charge < -0.3 is 44.4 Å². The Balaban J connectivity index is 1.94. The first-order valence-corrected chi connectivity index (χ1v) is 12.6. The molecule has 1 saturated heterocycles. The summed E-state index contributed by atoms with van der Waals surface area (Å²) in [6.45, 7) is 0. The minimum absolute atomic E-state index is 0.142. The number of imidazole rings is 1. The van der Waals surface area contributed by atoms with Crippen molar-refractivity contribution >= 4 is 34.6 Å². The summed E-state index contributed by atoms with van der Waals surface area (Å²) in [6, 6.07) is 0. The number of nitrogens with one attached hydrogen (secondary N) is 1. The van der Waals surface area contributed by atoms with Crippen LogP contribution in [0.25, 0.3) is 11.2 Å². The summed E-state index contributed by atoms with van der Waals surface area (Å²) in [5, 5.41) is 20.6. The van der Waals surface area contributed by atoms with Crippen LogP contribution in [0.3, 0.4) is 0 Å². The number of ether oxygens (including phenoxy) is 1. The second-order valence-corrected chi connectivity index (χ2v) is 10.1. The van der Waals surface area contributed by atoms with E-state index in [2.05, 4.69) is 28.3 Å². The summed E-state index contributed by atoms with van der Waals surface area (Å²) in [7, 11) is -16.9. The lowest BCUT2D eigenvalue weighted by Crippen LogP contribution is -2.40. The van der Waals surface area contributed by atoms with E-state index in [1.807, 2.05) is 0 Å². The average molecular weight is 524 g/mol. The maximum absolute atomic E-state index is 11.8. The molecule has 0 radical (unpaired) electrons. The number of aromatic nitrogens is 4. The van der Waals surface area contributed by atoms with Crippen LogP contribution in [0.2, 0.25) is 0 Å². The average Bonchev–Trinajstić information content (AvgIpc) is 3.14. The molecule has 1 fully saturated rings. The molecular weight excluding hydrogens is 509 g/mol. The molecule has 0 spiro atoms. The van der Waals surface area contributed by atoms with E-state index in [-0.39, 0.29) is 11.2 Å². The normalized spacial score (nSPS) is 27.5. The molecule has 2 aromatic heterocycles. The summed E-state index contributed by atoms with van der Waals surface area (Å²) in [5.74, 6) is 0. The highest BCUT2D eigenvalue weighted by molar-refractivity contribution is 7.60. The second-order valence-electron chi connectivity index (χ2n) is 6.14. The quantitative estimate of drug-likeness (QED) is 0.130. The van der Waals surface area contributed by atoms with Gasteiger partial charge in [0.25, 0.3) is 5.56 Å². The number of aromatic amines is 1. The lowest BCUT2D eigenvalue weighted by Gasteiger charge is -2.26. The van der Waals surface area contributed by atoms with Gasteiger partial charge in [-0.05, 0) is 0 Å². The molecule has 8 N–H and O–H groups in total. The van der Waals surface area contributed by atoms with Crippen molar-refractivity contribution in [3.63, 3.8) is 0 Å². The summed E-state index contributed by atoms with van der Waals surface area (Å²) in [5.41, 5.74) is -1.01. The van der Waals surface area contributed by atoms with Crippen LogP contribution in [-0.4, -0.2) is 78.8 Å². The van der Waals surface area contributed by atoms with Crippen LogP contribution in [-0.2, 0) is 31.8 Å². The Morgan fingerprint density at radius 3 is 2.28 bits per heavy atom. The maximum atomic E-state index is 11.8. The molecule has 0 bridgehead atoms. The van der Waals surface area contributed by atoms with Gasteiger partial charge >= 0.3 is 23.5 Å². The zero-order valence-corrected chi connectivity index (χ0v) is 17.8. The number of aliphatic hydroxyl groups is 2. The second kappa shape index (κ2) is 8.75. The number of fused-ring (bicyclic) bond motifs is 1. The molecule has 1 aliphatic heterocycles. The van der Waals surface area contributed by atoms with Crippen molar-refractivity contribution in [2.75, 3.05) is 0 Å². The van der Waals surface area contributed by atoms with E-state index in [0.29, 0.717) is 0 Å². The monoisotopic (exact) mass is 524 g/mol. The first-order chi connectivity index (χ1) is 14.6. The predicted molar refractivity (Wildman–Crippen MR) is 95.0 cm³/mol. The Labute approximate surface area is 175 Å². The molecule has 0 amide bonds. The summed E-state index contributed by atoms with van der Waals surface area (Å²) < 4.78 is 52.0. The van der Waals surface area contributed by atoms with Gasteiger partial charge in [-0.25, -0.2) is 23.7 Å². The third kappa shape index (κ3) is 5.74. The number of H-pyrrole nitrogens is 1. The van der Waals surface area contributed by atoms with Crippen LogP contribution in [0.15, 0.2) is 17.4 Å². The van der Waals surface area contributed by atoms with E-state index in [1.165, 1.54) is 0 Å². The van der Waals surface area contributed by atoms with Crippen LogP contribution in [0.1, 0.15) is 6.23 Å². The Hall–Kier alpha value is -1.40. The molecule has 22 heteroatoms. The van der Waals surface area contributed by atoms with Crippen LogP contribution >= 0.6 is 23.5 Å². The fourth-order valence-electron chi connectivity index (χ4n) is 2.75. The number of hydrogen-bond acceptors (Lipinski definition) is 12. The molecule has 19 nitrogen and oxygen atoms in total. The predicted octanol–water partition coefficient (Wildman–Crippen LogP) is -2.60. The van der Waals surface area contributed by atoms with E-state index in [9.17, 15) is 33.6 Å². The summed E-state index contributed by atoms with van der Waals surface area (Å²) in [4.78, 5) is 66.5. The van der Waals surface area contributed by atoms with Gasteiger partial charge in [0.15, 0.2) is 17.4 Å². The van der Waals surface area contributed by atoms with Crippen molar-refractivity contribution in [1.82, 2.24) is 19.5 Å². The standard InChI is InChI=1S/C10H15N4O15P3/c15-4-5(16)9(14-2-13-3-7(14)11-1-12-8(3)17)26-6(4)10(27-30(18,19)20)28-32(24,25)29-31(21,22)23/h1-2,4-6,9-10,15-16H,(H,24,25)(H,11,12,17)(H2,18,19,20)(H2,21,22,23)/t4-,5+,6-,9+,10-/m1/s1. The Bertz CT molecular complexity index is 1190. The Morgan fingerprint density at radius 1 is 1.03 bits per heavy atom. The van der Waals surface area contributed by atoms with Crippen molar-refractivity contribution in [3.05, 3.63) is 23.0 Å². The lowest BCUT2D eigenvalue weighted by molar-refractivity contribution is -0.154. The minimum Gasteiger partial charge on any atom is -0.387 e. The van der Waals surface area contributed by atoms with Gasteiger partial charge in [-0.15, -0.1) is 0 Å². The number of phosphoric ester groups is 2. The SMILES string of the molecule is O=c1[nH]cnc2c1ncn2[C@H]1O[C@@H]([C@H](OP(=O)(O)O)OP(=O)(O)OP(=O)(O)O)[C@H](O)[C@@H]1O. The van der Waals surface area contributed by atoms with Gasteiger partial charge in [-0.2, -0.15) is 4.31 Å². The first kappa shape index (κ1) is 25.2. The number of phosphoric acid groups is 3. The molecule has 3 heterocycles. The number of hydrogen-bond donors (Lipinski definition) is 8. The molecule has 0 aliphatic carbocycles. The molecule has 3 rings (SSSR count). The van der Waals surface area contributed by atoms with Gasteiger partial charge in [0, 0.05) is 0 Å². The molecule has 2 aromatic rings. The topological polar surface area (TPSA) is 293 Å². The lowest BCUT2D eigenvalue weighted by atomic mass is 10.1. The smallest absolute Gasteiger partial charge is 0.387 e. The van der Waals surface area contributed by atoms with Crippen molar-refractivity contribution < 1.29 is 66.5 Å². The zero-order chi connectivity index (χ0) is 24.1. The fraction of sp³-hybridized carbons (Fsp3) is 0.500. The molecule has 0 aromatic carbocycles. The zero-order valence-electron chi connectivity index (χ0n) is 15.1. The molecular formula is C10H15N4O15P3. The fourth-order valence-corrected chi connectivity index (χ4v) is 4.91. The van der Waals surface area contributed by atoms with Crippen LogP contribution in [0.4, 0.5) is 0 Å². The Kier molecular flexibility index (Phi) is 6.90. The van der Waals surface area contributed by atoms with Crippen molar-refractivity contribution in [1.29, 1.82) is 0 Å². The highest BCUT2D eigenvalue weighted by Gasteiger charge is 2.52. The largest absolute Gasteiger partial charge is 0.483 e.